The van der Waals surface area contributed by atoms with Gasteiger partial charge >= 0.3 is 5.97 Å². The first kappa shape index (κ1) is 16.5. The second-order valence-electron chi connectivity index (χ2n) is 4.29. The molecule has 1 amide bonds. The van der Waals surface area contributed by atoms with Gasteiger partial charge in [-0.15, -0.1) is 11.8 Å². The minimum absolute atomic E-state index is 0.116. The van der Waals surface area contributed by atoms with Crippen LogP contribution in [-0.4, -0.2) is 36.0 Å². The lowest BCUT2D eigenvalue weighted by atomic mass is 10.2. The summed E-state index contributed by atoms with van der Waals surface area (Å²) >= 11 is 1.31. The molecule has 0 saturated carbocycles. The summed E-state index contributed by atoms with van der Waals surface area (Å²) < 4.78 is 4.79. The number of esters is 1. The highest BCUT2D eigenvalue weighted by Gasteiger charge is 2.15. The van der Waals surface area contributed by atoms with Crippen molar-refractivity contribution in [3.63, 3.8) is 0 Å². The first-order valence-electron chi connectivity index (χ1n) is 6.39. The number of carbonyl (C=O) groups is 2. The zero-order valence-electron chi connectivity index (χ0n) is 11.7. The Kier molecular flexibility index (Phi) is 7.11. The number of benzene rings is 1. The van der Waals surface area contributed by atoms with Crippen LogP contribution in [0.25, 0.3) is 0 Å². The lowest BCUT2D eigenvalue weighted by Gasteiger charge is -2.10. The van der Waals surface area contributed by atoms with Gasteiger partial charge in [0, 0.05) is 11.4 Å². The molecule has 1 aromatic rings. The molecule has 0 bridgehead atoms. The van der Waals surface area contributed by atoms with Crippen LogP contribution in [0.5, 0.6) is 0 Å². The van der Waals surface area contributed by atoms with E-state index in [-0.39, 0.29) is 11.7 Å². The van der Waals surface area contributed by atoms with Crippen molar-refractivity contribution in [3.8, 4) is 0 Å². The SMILES string of the molecule is CCOC(=O)C(N)CSCC(=O)Nc1ccc(C)cc1. The van der Waals surface area contributed by atoms with Crippen LogP contribution in [0.15, 0.2) is 24.3 Å². The molecule has 1 atom stereocenters. The van der Waals surface area contributed by atoms with Crippen molar-refractivity contribution in [3.05, 3.63) is 29.8 Å². The van der Waals surface area contributed by atoms with E-state index in [9.17, 15) is 9.59 Å². The minimum Gasteiger partial charge on any atom is -0.465 e. The van der Waals surface area contributed by atoms with E-state index < -0.39 is 12.0 Å². The molecule has 0 heterocycles. The van der Waals surface area contributed by atoms with Gasteiger partial charge in [-0.1, -0.05) is 17.7 Å². The third-order valence-corrected chi connectivity index (χ3v) is 3.52. The molecule has 0 aliphatic carbocycles. The highest BCUT2D eigenvalue weighted by atomic mass is 32.2. The van der Waals surface area contributed by atoms with E-state index in [2.05, 4.69) is 5.32 Å². The molecule has 6 heteroatoms. The highest BCUT2D eigenvalue weighted by Crippen LogP contribution is 2.10. The average Bonchev–Trinajstić information content (AvgIpc) is 2.41. The van der Waals surface area contributed by atoms with Crippen LogP contribution >= 0.6 is 11.8 Å². The number of thioether (sulfide) groups is 1. The molecule has 1 aromatic carbocycles. The Morgan fingerprint density at radius 1 is 1.35 bits per heavy atom. The Morgan fingerprint density at radius 2 is 2.00 bits per heavy atom. The van der Waals surface area contributed by atoms with Crippen molar-refractivity contribution < 1.29 is 14.3 Å². The van der Waals surface area contributed by atoms with Gasteiger partial charge in [-0.3, -0.25) is 9.59 Å². The Balaban J connectivity index is 2.26. The van der Waals surface area contributed by atoms with Crippen molar-refractivity contribution in [2.24, 2.45) is 5.73 Å². The van der Waals surface area contributed by atoms with Gasteiger partial charge in [0.15, 0.2) is 0 Å². The number of ether oxygens (including phenoxy) is 1. The molecule has 110 valence electrons. The second kappa shape index (κ2) is 8.60. The largest absolute Gasteiger partial charge is 0.465 e. The lowest BCUT2D eigenvalue weighted by Crippen LogP contribution is -2.35. The van der Waals surface area contributed by atoms with Crippen molar-refractivity contribution in [2.45, 2.75) is 19.9 Å². The molecular weight excluding hydrogens is 276 g/mol. The van der Waals surface area contributed by atoms with E-state index in [0.29, 0.717) is 12.4 Å². The zero-order valence-corrected chi connectivity index (χ0v) is 12.5. The number of nitrogens with one attached hydrogen (secondary N) is 1. The molecule has 0 aromatic heterocycles. The van der Waals surface area contributed by atoms with Gasteiger partial charge in [0.1, 0.15) is 6.04 Å². The quantitative estimate of drug-likeness (QED) is 0.746. The molecule has 0 spiro atoms. The van der Waals surface area contributed by atoms with Gasteiger partial charge in [0.05, 0.1) is 12.4 Å². The summed E-state index contributed by atoms with van der Waals surface area (Å²) in [5.41, 5.74) is 7.53. The summed E-state index contributed by atoms with van der Waals surface area (Å²) in [6.45, 7) is 4.02. The minimum atomic E-state index is -0.688. The third kappa shape index (κ3) is 6.08. The Morgan fingerprint density at radius 3 is 2.60 bits per heavy atom. The second-order valence-corrected chi connectivity index (χ2v) is 5.32. The summed E-state index contributed by atoms with van der Waals surface area (Å²) in [7, 11) is 0. The molecule has 3 N–H and O–H groups in total. The standard InChI is InChI=1S/C14H20N2O3S/c1-3-19-14(18)12(15)8-20-9-13(17)16-11-6-4-10(2)5-7-11/h4-7,12H,3,8-9,15H2,1-2H3,(H,16,17). The predicted molar refractivity (Wildman–Crippen MR) is 81.7 cm³/mol. The van der Waals surface area contributed by atoms with Crippen LogP contribution in [0, 0.1) is 6.92 Å². The number of hydrogen-bond acceptors (Lipinski definition) is 5. The summed E-state index contributed by atoms with van der Waals surface area (Å²) in [4.78, 5) is 23.0. The fourth-order valence-electron chi connectivity index (χ4n) is 1.43. The molecule has 20 heavy (non-hydrogen) atoms. The number of aryl methyl sites for hydroxylation is 1. The first-order chi connectivity index (χ1) is 9.52. The van der Waals surface area contributed by atoms with Crippen molar-refractivity contribution >= 4 is 29.3 Å². The number of carbonyl (C=O) groups excluding carboxylic acids is 2. The van der Waals surface area contributed by atoms with Crippen LogP contribution in [0.2, 0.25) is 0 Å². The van der Waals surface area contributed by atoms with Crippen LogP contribution < -0.4 is 11.1 Å². The average molecular weight is 296 g/mol. The van der Waals surface area contributed by atoms with Gasteiger partial charge in [-0.05, 0) is 26.0 Å². The van der Waals surface area contributed by atoms with Gasteiger partial charge < -0.3 is 15.8 Å². The normalized spacial score (nSPS) is 11.8. The molecule has 0 aliphatic heterocycles. The van der Waals surface area contributed by atoms with E-state index in [1.165, 1.54) is 11.8 Å². The molecule has 0 radical (unpaired) electrons. The molecule has 0 saturated heterocycles. The van der Waals surface area contributed by atoms with Crippen LogP contribution in [0.4, 0.5) is 5.69 Å². The predicted octanol–water partition coefficient (Wildman–Crippen LogP) is 1.56. The smallest absolute Gasteiger partial charge is 0.323 e. The monoisotopic (exact) mass is 296 g/mol. The van der Waals surface area contributed by atoms with E-state index >= 15 is 0 Å². The molecule has 0 fully saturated rings. The fraction of sp³-hybridized carbons (Fsp3) is 0.429. The maximum Gasteiger partial charge on any atom is 0.323 e. The van der Waals surface area contributed by atoms with Crippen molar-refractivity contribution in [2.75, 3.05) is 23.4 Å². The number of nitrogens with two attached hydrogens (primary N) is 1. The molecular formula is C14H20N2O3S. The Labute approximate surface area is 123 Å². The van der Waals surface area contributed by atoms with E-state index in [4.69, 9.17) is 10.5 Å². The summed E-state index contributed by atoms with van der Waals surface area (Å²) in [6.07, 6.45) is 0. The van der Waals surface area contributed by atoms with E-state index in [1.807, 2.05) is 31.2 Å². The molecule has 1 rings (SSSR count). The van der Waals surface area contributed by atoms with Crippen molar-refractivity contribution in [1.82, 2.24) is 0 Å². The molecule has 1 unspecified atom stereocenters. The lowest BCUT2D eigenvalue weighted by molar-refractivity contribution is -0.144. The van der Waals surface area contributed by atoms with Crippen LogP contribution in [-0.2, 0) is 14.3 Å². The number of rotatable bonds is 7. The summed E-state index contributed by atoms with van der Waals surface area (Å²) in [5, 5.41) is 2.78. The summed E-state index contributed by atoms with van der Waals surface area (Å²) in [6, 6.07) is 6.87. The maximum absolute atomic E-state index is 11.7. The van der Waals surface area contributed by atoms with Gasteiger partial charge in [0.25, 0.3) is 0 Å². The number of anilines is 1. The maximum atomic E-state index is 11.7. The van der Waals surface area contributed by atoms with Crippen molar-refractivity contribution in [1.29, 1.82) is 0 Å². The molecule has 5 nitrogen and oxygen atoms in total. The Hall–Kier alpha value is -1.53. The number of hydrogen-bond donors (Lipinski definition) is 2. The number of amides is 1. The third-order valence-electron chi connectivity index (χ3n) is 2.46. The van der Waals surface area contributed by atoms with Gasteiger partial charge in [-0.2, -0.15) is 0 Å². The topological polar surface area (TPSA) is 81.4 Å². The van der Waals surface area contributed by atoms with Gasteiger partial charge in [-0.25, -0.2) is 0 Å². The highest BCUT2D eigenvalue weighted by molar-refractivity contribution is 8.00. The van der Waals surface area contributed by atoms with Crippen LogP contribution in [0.1, 0.15) is 12.5 Å². The van der Waals surface area contributed by atoms with Gasteiger partial charge in [0.2, 0.25) is 5.91 Å². The molecule has 0 aliphatic rings. The van der Waals surface area contributed by atoms with Crippen LogP contribution in [0.3, 0.4) is 0 Å². The summed E-state index contributed by atoms with van der Waals surface area (Å²) in [5.74, 6) is 0.0649. The fourth-order valence-corrected chi connectivity index (χ4v) is 2.20. The first-order valence-corrected chi connectivity index (χ1v) is 7.55. The van der Waals surface area contributed by atoms with E-state index in [1.54, 1.807) is 6.92 Å². The Bertz CT molecular complexity index is 448. The zero-order chi connectivity index (χ0) is 15.0. The van der Waals surface area contributed by atoms with E-state index in [0.717, 1.165) is 11.3 Å².